The molecule has 0 bridgehead atoms. The van der Waals surface area contributed by atoms with Crippen LogP contribution in [0.2, 0.25) is 0 Å². The van der Waals surface area contributed by atoms with Gasteiger partial charge < -0.3 is 15.4 Å². The van der Waals surface area contributed by atoms with Crippen molar-refractivity contribution in [3.63, 3.8) is 0 Å². The number of hydrogen-bond acceptors (Lipinski definition) is 4. The Labute approximate surface area is 136 Å². The summed E-state index contributed by atoms with van der Waals surface area (Å²) in [6, 6.07) is 4.95. The molecule has 2 N–H and O–H groups in total. The zero-order valence-corrected chi connectivity index (χ0v) is 14.3. The second-order valence-corrected chi connectivity index (χ2v) is 6.33. The number of rotatable bonds is 6. The molecule has 6 nitrogen and oxygen atoms in total. The first kappa shape index (κ1) is 18.7. The lowest BCUT2D eigenvalue weighted by Crippen LogP contribution is -2.46. The molecule has 0 spiro atoms. The summed E-state index contributed by atoms with van der Waals surface area (Å²) in [4.78, 5) is 35.1. The molecule has 0 saturated carbocycles. The second-order valence-electron chi connectivity index (χ2n) is 6.33. The highest BCUT2D eigenvalue weighted by molar-refractivity contribution is 5.95. The number of hydrogen-bond donors (Lipinski definition) is 2. The Morgan fingerprint density at radius 2 is 1.78 bits per heavy atom. The third kappa shape index (κ3) is 6.50. The molecule has 0 aliphatic heterocycles. The van der Waals surface area contributed by atoms with Crippen LogP contribution in [0.15, 0.2) is 18.2 Å². The third-order valence-corrected chi connectivity index (χ3v) is 3.00. The summed E-state index contributed by atoms with van der Waals surface area (Å²) in [6.45, 7) is 6.97. The van der Waals surface area contributed by atoms with Crippen LogP contribution in [0.1, 0.15) is 43.6 Å². The van der Waals surface area contributed by atoms with Crippen LogP contribution < -0.4 is 15.4 Å². The summed E-state index contributed by atoms with van der Waals surface area (Å²) in [5.41, 5.74) is 0.772. The van der Waals surface area contributed by atoms with Crippen LogP contribution in [-0.4, -0.2) is 36.8 Å². The highest BCUT2D eigenvalue weighted by Crippen LogP contribution is 2.20. The number of ether oxygens (including phenoxy) is 1. The Kier molecular flexibility index (Phi) is 6.30. The number of nitrogens with one attached hydrogen (secondary N) is 2. The van der Waals surface area contributed by atoms with Gasteiger partial charge in [-0.05, 0) is 45.9 Å². The quantitative estimate of drug-likeness (QED) is 0.777. The molecule has 6 heteroatoms. The highest BCUT2D eigenvalue weighted by Gasteiger charge is 2.15. The molecule has 1 aromatic carbocycles. The summed E-state index contributed by atoms with van der Waals surface area (Å²) >= 11 is 0. The molecular weight excluding hydrogens is 296 g/mol. The van der Waals surface area contributed by atoms with Gasteiger partial charge in [0, 0.05) is 16.7 Å². The van der Waals surface area contributed by atoms with Crippen LogP contribution in [0.3, 0.4) is 0 Å². The van der Waals surface area contributed by atoms with Crippen molar-refractivity contribution >= 4 is 17.6 Å². The topological polar surface area (TPSA) is 84.5 Å². The molecule has 0 aromatic heterocycles. The summed E-state index contributed by atoms with van der Waals surface area (Å²) in [7, 11) is 1.50. The monoisotopic (exact) mass is 320 g/mol. The summed E-state index contributed by atoms with van der Waals surface area (Å²) < 4.78 is 5.20. The van der Waals surface area contributed by atoms with E-state index < -0.39 is 0 Å². The number of ketones is 1. The van der Waals surface area contributed by atoms with E-state index in [2.05, 4.69) is 10.6 Å². The van der Waals surface area contributed by atoms with E-state index >= 15 is 0 Å². The van der Waals surface area contributed by atoms with Gasteiger partial charge in [-0.25, -0.2) is 0 Å². The normalized spacial score (nSPS) is 10.8. The average molecular weight is 320 g/mol. The third-order valence-electron chi connectivity index (χ3n) is 3.00. The maximum atomic E-state index is 12.0. The van der Waals surface area contributed by atoms with Crippen molar-refractivity contribution in [1.82, 2.24) is 10.6 Å². The van der Waals surface area contributed by atoms with Crippen LogP contribution in [-0.2, 0) is 16.0 Å². The Bertz CT molecular complexity index is 603. The molecule has 0 heterocycles. The molecule has 0 fully saturated rings. The maximum Gasteiger partial charge on any atom is 0.239 e. The lowest BCUT2D eigenvalue weighted by atomic mass is 10.0. The first-order chi connectivity index (χ1) is 10.6. The van der Waals surface area contributed by atoms with Gasteiger partial charge in [0.1, 0.15) is 5.75 Å². The van der Waals surface area contributed by atoms with Crippen molar-refractivity contribution in [2.45, 2.75) is 39.7 Å². The lowest BCUT2D eigenvalue weighted by molar-refractivity contribution is -0.126. The average Bonchev–Trinajstić information content (AvgIpc) is 2.43. The van der Waals surface area contributed by atoms with Crippen molar-refractivity contribution in [3.8, 4) is 5.75 Å². The fraction of sp³-hybridized carbons (Fsp3) is 0.471. The number of benzene rings is 1. The SMILES string of the molecule is COc1ccc(C(C)=O)cc1CC(=O)NCC(=O)NC(C)(C)C. The highest BCUT2D eigenvalue weighted by atomic mass is 16.5. The van der Waals surface area contributed by atoms with E-state index in [0.717, 1.165) is 0 Å². The van der Waals surface area contributed by atoms with E-state index in [4.69, 9.17) is 4.74 Å². The summed E-state index contributed by atoms with van der Waals surface area (Å²) in [5, 5.41) is 5.32. The Morgan fingerprint density at radius 1 is 1.13 bits per heavy atom. The van der Waals surface area contributed by atoms with Gasteiger partial charge in [-0.3, -0.25) is 14.4 Å². The molecule has 23 heavy (non-hydrogen) atoms. The molecular formula is C17H24N2O4. The van der Waals surface area contributed by atoms with Gasteiger partial charge in [0.2, 0.25) is 11.8 Å². The van der Waals surface area contributed by atoms with Crippen molar-refractivity contribution in [1.29, 1.82) is 0 Å². The van der Waals surface area contributed by atoms with E-state index in [9.17, 15) is 14.4 Å². The largest absolute Gasteiger partial charge is 0.496 e. The smallest absolute Gasteiger partial charge is 0.239 e. The first-order valence-corrected chi connectivity index (χ1v) is 7.38. The number of carbonyl (C=O) groups is 3. The summed E-state index contributed by atoms with van der Waals surface area (Å²) in [5.74, 6) is -0.119. The van der Waals surface area contributed by atoms with Gasteiger partial charge in [-0.2, -0.15) is 0 Å². The molecule has 0 unspecified atom stereocenters. The lowest BCUT2D eigenvalue weighted by Gasteiger charge is -2.20. The number of Topliss-reactive ketones (excluding diaryl/α,β-unsaturated/α-hetero) is 1. The van der Waals surface area contributed by atoms with Crippen molar-refractivity contribution in [2.75, 3.05) is 13.7 Å². The van der Waals surface area contributed by atoms with Gasteiger partial charge in [-0.1, -0.05) is 0 Å². The van der Waals surface area contributed by atoms with E-state index in [1.807, 2.05) is 20.8 Å². The first-order valence-electron chi connectivity index (χ1n) is 7.38. The molecule has 0 atom stereocenters. The van der Waals surface area contributed by atoms with Gasteiger partial charge in [0.15, 0.2) is 5.78 Å². The molecule has 126 valence electrons. The summed E-state index contributed by atoms with van der Waals surface area (Å²) in [6.07, 6.45) is 0.0348. The Balaban J connectivity index is 2.68. The van der Waals surface area contributed by atoms with E-state index in [0.29, 0.717) is 16.9 Å². The number of methoxy groups -OCH3 is 1. The molecule has 1 rings (SSSR count). The second kappa shape index (κ2) is 7.76. The van der Waals surface area contributed by atoms with Gasteiger partial charge in [0.05, 0.1) is 20.1 Å². The van der Waals surface area contributed by atoms with E-state index in [-0.39, 0.29) is 36.1 Å². The fourth-order valence-electron chi connectivity index (χ4n) is 2.01. The number of carbonyl (C=O) groups excluding carboxylic acids is 3. The van der Waals surface area contributed by atoms with Crippen LogP contribution in [0.25, 0.3) is 0 Å². The molecule has 1 aromatic rings. The standard InChI is InChI=1S/C17H24N2O4/c1-11(20)12-6-7-14(23-5)13(8-12)9-15(21)18-10-16(22)19-17(2,3)4/h6-8H,9-10H2,1-5H3,(H,18,21)(H,19,22). The molecule has 0 aliphatic carbocycles. The van der Waals surface area contributed by atoms with Gasteiger partial charge in [-0.15, -0.1) is 0 Å². The van der Waals surface area contributed by atoms with Crippen LogP contribution in [0, 0.1) is 0 Å². The molecule has 0 radical (unpaired) electrons. The van der Waals surface area contributed by atoms with Crippen LogP contribution >= 0.6 is 0 Å². The van der Waals surface area contributed by atoms with Crippen LogP contribution in [0.5, 0.6) is 5.75 Å². The zero-order valence-electron chi connectivity index (χ0n) is 14.3. The maximum absolute atomic E-state index is 12.0. The van der Waals surface area contributed by atoms with Crippen molar-refractivity contribution in [2.24, 2.45) is 0 Å². The number of amides is 2. The zero-order chi connectivity index (χ0) is 17.6. The van der Waals surface area contributed by atoms with Crippen LogP contribution in [0.4, 0.5) is 0 Å². The Morgan fingerprint density at radius 3 is 2.30 bits per heavy atom. The Hall–Kier alpha value is -2.37. The minimum absolute atomic E-state index is 0.0348. The van der Waals surface area contributed by atoms with Crippen molar-refractivity contribution in [3.05, 3.63) is 29.3 Å². The predicted molar refractivity (Wildman–Crippen MR) is 87.6 cm³/mol. The minimum atomic E-state index is -0.346. The fourth-order valence-corrected chi connectivity index (χ4v) is 2.01. The van der Waals surface area contributed by atoms with Crippen molar-refractivity contribution < 1.29 is 19.1 Å². The van der Waals surface area contributed by atoms with E-state index in [1.165, 1.54) is 14.0 Å². The predicted octanol–water partition coefficient (Wildman–Crippen LogP) is 1.47. The van der Waals surface area contributed by atoms with E-state index in [1.54, 1.807) is 18.2 Å². The molecule has 0 aliphatic rings. The minimum Gasteiger partial charge on any atom is -0.496 e. The molecule has 2 amide bonds. The van der Waals surface area contributed by atoms with Gasteiger partial charge >= 0.3 is 0 Å². The van der Waals surface area contributed by atoms with Gasteiger partial charge in [0.25, 0.3) is 0 Å². The molecule has 0 saturated heterocycles.